The number of nitrogens with one attached hydrogen (secondary N) is 2. The molecule has 1 saturated heterocycles. The van der Waals surface area contributed by atoms with Gasteiger partial charge < -0.3 is 26.0 Å². The van der Waals surface area contributed by atoms with E-state index in [-0.39, 0.29) is 29.5 Å². The molecule has 2 fully saturated rings. The van der Waals surface area contributed by atoms with Crippen LogP contribution in [0.25, 0.3) is 0 Å². The highest BCUT2D eigenvalue weighted by Gasteiger charge is 2.28. The Bertz CT molecular complexity index is 697. The molecular formula is C19H30N6O3. The van der Waals surface area contributed by atoms with Gasteiger partial charge in [-0.2, -0.15) is 4.98 Å². The summed E-state index contributed by atoms with van der Waals surface area (Å²) in [5.74, 6) is 0.633. The van der Waals surface area contributed by atoms with Crippen LogP contribution < -0.4 is 16.4 Å². The van der Waals surface area contributed by atoms with Gasteiger partial charge in [0.15, 0.2) is 0 Å². The molecule has 28 heavy (non-hydrogen) atoms. The fraction of sp³-hybridized carbons (Fsp3) is 0.684. The molecule has 2 aliphatic rings. The molecule has 2 heterocycles. The van der Waals surface area contributed by atoms with Crippen LogP contribution in [0.15, 0.2) is 6.20 Å². The summed E-state index contributed by atoms with van der Waals surface area (Å²) >= 11 is 0. The molecular weight excluding hydrogens is 360 g/mol. The van der Waals surface area contributed by atoms with Crippen LogP contribution in [0, 0.1) is 5.92 Å². The van der Waals surface area contributed by atoms with Crippen LogP contribution in [-0.4, -0.2) is 66.1 Å². The first-order valence-electron chi connectivity index (χ1n) is 9.93. The predicted octanol–water partition coefficient (Wildman–Crippen LogP) is 1.23. The number of hydrogen-bond donors (Lipinski definition) is 3. The van der Waals surface area contributed by atoms with Crippen molar-refractivity contribution in [1.29, 1.82) is 0 Å². The molecule has 154 valence electrons. The predicted molar refractivity (Wildman–Crippen MR) is 106 cm³/mol. The van der Waals surface area contributed by atoms with Gasteiger partial charge in [0.25, 0.3) is 5.91 Å². The molecule has 1 aromatic rings. The number of rotatable bonds is 6. The third kappa shape index (κ3) is 5.09. The van der Waals surface area contributed by atoms with E-state index in [1.807, 2.05) is 0 Å². The SMILES string of the molecule is CN(C)C(=O)C1CCC(Nc2ncc(C(N)=O)c(NC3CCCOC3)n2)CC1. The second-order valence-corrected chi connectivity index (χ2v) is 7.80. The van der Waals surface area contributed by atoms with Crippen molar-refractivity contribution in [2.45, 2.75) is 50.6 Å². The Balaban J connectivity index is 1.63. The highest BCUT2D eigenvalue weighted by atomic mass is 16.5. The molecule has 1 atom stereocenters. The Morgan fingerprint density at radius 2 is 1.89 bits per heavy atom. The van der Waals surface area contributed by atoms with Gasteiger partial charge in [-0.3, -0.25) is 9.59 Å². The zero-order valence-electron chi connectivity index (χ0n) is 16.6. The summed E-state index contributed by atoms with van der Waals surface area (Å²) in [4.78, 5) is 34.3. The van der Waals surface area contributed by atoms with E-state index < -0.39 is 5.91 Å². The average Bonchev–Trinajstić information content (AvgIpc) is 2.69. The minimum absolute atomic E-state index is 0.0923. The summed E-state index contributed by atoms with van der Waals surface area (Å²) in [5.41, 5.74) is 5.75. The van der Waals surface area contributed by atoms with Crippen LogP contribution >= 0.6 is 0 Å². The van der Waals surface area contributed by atoms with Crippen molar-refractivity contribution in [1.82, 2.24) is 14.9 Å². The molecule has 1 aromatic heterocycles. The molecule has 0 radical (unpaired) electrons. The van der Waals surface area contributed by atoms with E-state index in [1.54, 1.807) is 19.0 Å². The van der Waals surface area contributed by atoms with Gasteiger partial charge in [0.1, 0.15) is 5.82 Å². The van der Waals surface area contributed by atoms with Crippen LogP contribution in [0.1, 0.15) is 48.9 Å². The Morgan fingerprint density at radius 1 is 1.14 bits per heavy atom. The number of ether oxygens (including phenoxy) is 1. The molecule has 1 aliphatic carbocycles. The van der Waals surface area contributed by atoms with Crippen LogP contribution in [0.5, 0.6) is 0 Å². The van der Waals surface area contributed by atoms with Crippen LogP contribution in [-0.2, 0) is 9.53 Å². The van der Waals surface area contributed by atoms with Crippen LogP contribution in [0.4, 0.5) is 11.8 Å². The molecule has 9 nitrogen and oxygen atoms in total. The summed E-state index contributed by atoms with van der Waals surface area (Å²) in [6.07, 6.45) is 6.83. The lowest BCUT2D eigenvalue weighted by atomic mass is 9.85. The molecule has 1 saturated carbocycles. The van der Waals surface area contributed by atoms with Crippen molar-refractivity contribution in [2.75, 3.05) is 37.9 Å². The first-order valence-corrected chi connectivity index (χ1v) is 9.93. The molecule has 2 amide bonds. The number of nitrogens with two attached hydrogens (primary N) is 1. The van der Waals surface area contributed by atoms with Gasteiger partial charge in [-0.15, -0.1) is 0 Å². The second kappa shape index (κ2) is 9.18. The lowest BCUT2D eigenvalue weighted by Gasteiger charge is -2.30. The number of amides is 2. The number of nitrogens with zero attached hydrogens (tertiary/aromatic N) is 3. The maximum absolute atomic E-state index is 12.1. The molecule has 4 N–H and O–H groups in total. The Hall–Kier alpha value is -2.42. The number of hydrogen-bond acceptors (Lipinski definition) is 7. The summed E-state index contributed by atoms with van der Waals surface area (Å²) in [5, 5.41) is 6.62. The average molecular weight is 390 g/mol. The smallest absolute Gasteiger partial charge is 0.254 e. The number of carbonyl (C=O) groups is 2. The molecule has 9 heteroatoms. The molecule has 1 unspecified atom stereocenters. The number of carbonyl (C=O) groups excluding carboxylic acids is 2. The maximum atomic E-state index is 12.1. The van der Waals surface area contributed by atoms with Crippen molar-refractivity contribution in [3.63, 3.8) is 0 Å². The van der Waals surface area contributed by atoms with E-state index in [0.717, 1.165) is 45.1 Å². The lowest BCUT2D eigenvalue weighted by molar-refractivity contribution is -0.133. The van der Waals surface area contributed by atoms with E-state index in [4.69, 9.17) is 10.5 Å². The fourth-order valence-electron chi connectivity index (χ4n) is 3.82. The van der Waals surface area contributed by atoms with Crippen molar-refractivity contribution >= 4 is 23.6 Å². The van der Waals surface area contributed by atoms with Crippen molar-refractivity contribution in [3.8, 4) is 0 Å². The van der Waals surface area contributed by atoms with Crippen molar-refractivity contribution < 1.29 is 14.3 Å². The Kier molecular flexibility index (Phi) is 6.66. The Morgan fingerprint density at radius 3 is 2.50 bits per heavy atom. The fourth-order valence-corrected chi connectivity index (χ4v) is 3.82. The van der Waals surface area contributed by atoms with E-state index in [1.165, 1.54) is 6.20 Å². The number of aromatic nitrogens is 2. The number of primary amides is 1. The Labute approximate surface area is 165 Å². The first-order chi connectivity index (χ1) is 13.4. The highest BCUT2D eigenvalue weighted by Crippen LogP contribution is 2.27. The molecule has 0 spiro atoms. The second-order valence-electron chi connectivity index (χ2n) is 7.80. The van der Waals surface area contributed by atoms with E-state index >= 15 is 0 Å². The highest BCUT2D eigenvalue weighted by molar-refractivity contribution is 5.97. The normalized spacial score (nSPS) is 25.0. The lowest BCUT2D eigenvalue weighted by Crippen LogP contribution is -2.35. The number of anilines is 2. The molecule has 0 aromatic carbocycles. The topological polar surface area (TPSA) is 122 Å². The van der Waals surface area contributed by atoms with Gasteiger partial charge in [-0.1, -0.05) is 0 Å². The minimum Gasteiger partial charge on any atom is -0.379 e. The summed E-state index contributed by atoms with van der Waals surface area (Å²) < 4.78 is 5.48. The van der Waals surface area contributed by atoms with Gasteiger partial charge >= 0.3 is 0 Å². The van der Waals surface area contributed by atoms with E-state index in [9.17, 15) is 9.59 Å². The minimum atomic E-state index is -0.562. The van der Waals surface area contributed by atoms with Gasteiger partial charge in [-0.05, 0) is 38.5 Å². The largest absolute Gasteiger partial charge is 0.379 e. The zero-order chi connectivity index (χ0) is 20.1. The van der Waals surface area contributed by atoms with Crippen LogP contribution in [0.2, 0.25) is 0 Å². The standard InChI is InChI=1S/C19H30N6O3/c1-25(2)18(27)12-5-7-13(8-6-12)23-19-21-10-15(16(20)26)17(24-19)22-14-4-3-9-28-11-14/h10,12-14H,3-9,11H2,1-2H3,(H2,20,26)(H2,21,22,23,24). The van der Waals surface area contributed by atoms with Gasteiger partial charge in [0, 0.05) is 38.9 Å². The van der Waals surface area contributed by atoms with Gasteiger partial charge in [-0.25, -0.2) is 4.98 Å². The van der Waals surface area contributed by atoms with Gasteiger partial charge in [0.05, 0.1) is 18.2 Å². The zero-order valence-corrected chi connectivity index (χ0v) is 16.6. The maximum Gasteiger partial charge on any atom is 0.254 e. The summed E-state index contributed by atoms with van der Waals surface area (Å²) in [6.45, 7) is 1.34. The first kappa shape index (κ1) is 20.3. The van der Waals surface area contributed by atoms with E-state index in [0.29, 0.717) is 18.4 Å². The summed E-state index contributed by atoms with van der Waals surface area (Å²) in [7, 11) is 3.60. The third-order valence-corrected chi connectivity index (χ3v) is 5.41. The monoisotopic (exact) mass is 390 g/mol. The van der Waals surface area contributed by atoms with E-state index in [2.05, 4.69) is 20.6 Å². The molecule has 1 aliphatic heterocycles. The third-order valence-electron chi connectivity index (χ3n) is 5.41. The van der Waals surface area contributed by atoms with Gasteiger partial charge in [0.2, 0.25) is 11.9 Å². The molecule has 3 rings (SSSR count). The van der Waals surface area contributed by atoms with Crippen molar-refractivity contribution in [2.24, 2.45) is 11.7 Å². The summed E-state index contributed by atoms with van der Waals surface area (Å²) in [6, 6.07) is 0.304. The molecule has 0 bridgehead atoms. The van der Waals surface area contributed by atoms with Crippen molar-refractivity contribution in [3.05, 3.63) is 11.8 Å². The van der Waals surface area contributed by atoms with Crippen LogP contribution in [0.3, 0.4) is 0 Å². The quantitative estimate of drug-likeness (QED) is 0.667.